The van der Waals surface area contributed by atoms with Crippen molar-refractivity contribution >= 4 is 0 Å². The Hall–Kier alpha value is -1.06. The van der Waals surface area contributed by atoms with Gasteiger partial charge >= 0.3 is 0 Å². The van der Waals surface area contributed by atoms with E-state index in [0.29, 0.717) is 13.0 Å². The molecule has 1 aromatic carbocycles. The lowest BCUT2D eigenvalue weighted by Gasteiger charge is -2.21. The minimum Gasteiger partial charge on any atom is -0.494 e. The van der Waals surface area contributed by atoms with Crippen molar-refractivity contribution in [1.82, 2.24) is 0 Å². The number of hydrogen-bond donors (Lipinski definition) is 2. The lowest BCUT2D eigenvalue weighted by molar-refractivity contribution is 0.175. The van der Waals surface area contributed by atoms with Crippen molar-refractivity contribution in [1.29, 1.82) is 0 Å². The molecule has 0 radical (unpaired) electrons. The van der Waals surface area contributed by atoms with Crippen LogP contribution < -0.4 is 10.5 Å². The van der Waals surface area contributed by atoms with Crippen LogP contribution in [0.1, 0.15) is 24.5 Å². The Bertz CT molecular complexity index is 348. The number of aryl methyl sites for hydroxylation is 2. The van der Waals surface area contributed by atoms with Gasteiger partial charge in [0.15, 0.2) is 0 Å². The summed E-state index contributed by atoms with van der Waals surface area (Å²) in [6.07, 6.45) is 0.635. The van der Waals surface area contributed by atoms with Crippen LogP contribution in [0.2, 0.25) is 0 Å². The molecule has 0 bridgehead atoms. The van der Waals surface area contributed by atoms with Gasteiger partial charge in [-0.15, -0.1) is 0 Å². The first-order valence-corrected chi connectivity index (χ1v) is 5.54. The molecule has 0 fully saturated rings. The average Bonchev–Trinajstić information content (AvgIpc) is 2.23. The molecule has 0 aliphatic rings. The van der Waals surface area contributed by atoms with Gasteiger partial charge in [-0.25, -0.2) is 0 Å². The predicted molar refractivity (Wildman–Crippen MR) is 65.7 cm³/mol. The van der Waals surface area contributed by atoms with Gasteiger partial charge in [0.25, 0.3) is 0 Å². The number of benzene rings is 1. The number of ether oxygens (including phenoxy) is 1. The summed E-state index contributed by atoms with van der Waals surface area (Å²) < 4.78 is 5.59. The molecule has 1 atom stereocenters. The van der Waals surface area contributed by atoms with Gasteiger partial charge in [-0.2, -0.15) is 0 Å². The normalized spacial score (nSPS) is 14.6. The molecule has 0 aliphatic heterocycles. The van der Waals surface area contributed by atoms with E-state index in [1.807, 2.05) is 25.1 Å². The topological polar surface area (TPSA) is 55.5 Å². The fraction of sp³-hybridized carbons (Fsp3) is 0.538. The van der Waals surface area contributed by atoms with Crippen LogP contribution >= 0.6 is 0 Å². The van der Waals surface area contributed by atoms with Crippen LogP contribution in [0.25, 0.3) is 0 Å². The summed E-state index contributed by atoms with van der Waals surface area (Å²) in [5.74, 6) is 0.858. The minimum absolute atomic E-state index is 0.0245. The van der Waals surface area contributed by atoms with E-state index < -0.39 is 5.54 Å². The highest BCUT2D eigenvalue weighted by atomic mass is 16.5. The third-order valence-corrected chi connectivity index (χ3v) is 2.78. The number of aliphatic hydroxyl groups is 1. The molecule has 0 amide bonds. The maximum absolute atomic E-state index is 8.99. The molecule has 1 unspecified atom stereocenters. The smallest absolute Gasteiger partial charge is 0.119 e. The third-order valence-electron chi connectivity index (χ3n) is 2.78. The van der Waals surface area contributed by atoms with E-state index in [1.54, 1.807) is 0 Å². The molecule has 3 N–H and O–H groups in total. The lowest BCUT2D eigenvalue weighted by Crippen LogP contribution is -2.41. The largest absolute Gasteiger partial charge is 0.494 e. The Morgan fingerprint density at radius 2 is 2.00 bits per heavy atom. The Morgan fingerprint density at radius 3 is 2.56 bits per heavy atom. The van der Waals surface area contributed by atoms with Crippen LogP contribution in [-0.4, -0.2) is 23.9 Å². The Kier molecular flexibility index (Phi) is 4.33. The number of hydrogen-bond acceptors (Lipinski definition) is 3. The highest BCUT2D eigenvalue weighted by molar-refractivity contribution is 5.33. The second-order valence-electron chi connectivity index (χ2n) is 4.66. The average molecular weight is 223 g/mol. The van der Waals surface area contributed by atoms with Gasteiger partial charge in [-0.1, -0.05) is 6.07 Å². The van der Waals surface area contributed by atoms with Gasteiger partial charge in [-0.05, 0) is 44.0 Å². The quantitative estimate of drug-likeness (QED) is 0.800. The van der Waals surface area contributed by atoms with Crippen molar-refractivity contribution in [2.45, 2.75) is 32.7 Å². The summed E-state index contributed by atoms with van der Waals surface area (Å²) in [6, 6.07) is 6.01. The molecular weight excluding hydrogens is 202 g/mol. The SMILES string of the molecule is Cc1ccc(OCCC(C)(N)CO)cc1C. The molecule has 16 heavy (non-hydrogen) atoms. The van der Waals surface area contributed by atoms with Gasteiger partial charge in [0.1, 0.15) is 5.75 Å². The first-order chi connectivity index (χ1) is 7.44. The fourth-order valence-corrected chi connectivity index (χ4v) is 1.28. The van der Waals surface area contributed by atoms with Crippen LogP contribution in [-0.2, 0) is 0 Å². The zero-order valence-corrected chi connectivity index (χ0v) is 10.3. The summed E-state index contributed by atoms with van der Waals surface area (Å²) in [5.41, 5.74) is 7.72. The highest BCUT2D eigenvalue weighted by Gasteiger charge is 2.16. The molecule has 90 valence electrons. The Labute approximate surface area is 97.2 Å². The monoisotopic (exact) mass is 223 g/mol. The van der Waals surface area contributed by atoms with Gasteiger partial charge in [0.05, 0.1) is 13.2 Å². The van der Waals surface area contributed by atoms with E-state index in [4.69, 9.17) is 15.6 Å². The van der Waals surface area contributed by atoms with E-state index in [2.05, 4.69) is 13.8 Å². The molecule has 0 heterocycles. The molecule has 0 saturated heterocycles. The van der Waals surface area contributed by atoms with E-state index in [1.165, 1.54) is 11.1 Å². The summed E-state index contributed by atoms with van der Waals surface area (Å²) in [7, 11) is 0. The number of aliphatic hydroxyl groups excluding tert-OH is 1. The van der Waals surface area contributed by atoms with Crippen LogP contribution in [0.4, 0.5) is 0 Å². The maximum atomic E-state index is 8.99. The van der Waals surface area contributed by atoms with E-state index in [9.17, 15) is 0 Å². The van der Waals surface area contributed by atoms with Crippen molar-refractivity contribution in [3.8, 4) is 5.75 Å². The summed E-state index contributed by atoms with van der Waals surface area (Å²) in [4.78, 5) is 0. The van der Waals surface area contributed by atoms with Gasteiger partial charge in [0, 0.05) is 12.0 Å². The van der Waals surface area contributed by atoms with Crippen molar-refractivity contribution < 1.29 is 9.84 Å². The molecule has 0 spiro atoms. The summed E-state index contributed by atoms with van der Waals surface area (Å²) >= 11 is 0. The predicted octanol–water partition coefficient (Wildman–Crippen LogP) is 1.78. The second kappa shape index (κ2) is 5.32. The molecule has 0 saturated carbocycles. The van der Waals surface area contributed by atoms with E-state index in [0.717, 1.165) is 5.75 Å². The molecule has 3 heteroatoms. The van der Waals surface area contributed by atoms with Crippen molar-refractivity contribution in [3.63, 3.8) is 0 Å². The highest BCUT2D eigenvalue weighted by Crippen LogP contribution is 2.17. The standard InChI is InChI=1S/C13H21NO2/c1-10-4-5-12(8-11(10)2)16-7-6-13(3,14)9-15/h4-5,8,15H,6-7,9,14H2,1-3H3. The second-order valence-corrected chi connectivity index (χ2v) is 4.66. The van der Waals surface area contributed by atoms with E-state index >= 15 is 0 Å². The van der Waals surface area contributed by atoms with Crippen molar-refractivity contribution in [2.75, 3.05) is 13.2 Å². The minimum atomic E-state index is -0.556. The van der Waals surface area contributed by atoms with Crippen LogP contribution in [0.3, 0.4) is 0 Å². The molecule has 0 aromatic heterocycles. The first-order valence-electron chi connectivity index (χ1n) is 5.54. The molecule has 1 aromatic rings. The van der Waals surface area contributed by atoms with Crippen LogP contribution in [0.15, 0.2) is 18.2 Å². The molecule has 3 nitrogen and oxygen atoms in total. The zero-order chi connectivity index (χ0) is 12.2. The van der Waals surface area contributed by atoms with Gasteiger partial charge in [-0.3, -0.25) is 0 Å². The molecule has 0 aliphatic carbocycles. The lowest BCUT2D eigenvalue weighted by atomic mass is 10.0. The van der Waals surface area contributed by atoms with E-state index in [-0.39, 0.29) is 6.61 Å². The van der Waals surface area contributed by atoms with Crippen molar-refractivity contribution in [3.05, 3.63) is 29.3 Å². The fourth-order valence-electron chi connectivity index (χ4n) is 1.28. The Morgan fingerprint density at radius 1 is 1.31 bits per heavy atom. The van der Waals surface area contributed by atoms with Gasteiger partial charge < -0.3 is 15.6 Å². The Balaban J connectivity index is 2.46. The summed E-state index contributed by atoms with van der Waals surface area (Å²) in [5, 5.41) is 8.99. The van der Waals surface area contributed by atoms with Crippen LogP contribution in [0, 0.1) is 13.8 Å². The summed E-state index contributed by atoms with van der Waals surface area (Å²) in [6.45, 7) is 6.45. The van der Waals surface area contributed by atoms with Crippen molar-refractivity contribution in [2.24, 2.45) is 5.73 Å². The van der Waals surface area contributed by atoms with Gasteiger partial charge in [0.2, 0.25) is 0 Å². The third kappa shape index (κ3) is 3.83. The molecule has 1 rings (SSSR count). The maximum Gasteiger partial charge on any atom is 0.119 e. The molecular formula is C13H21NO2. The zero-order valence-electron chi connectivity index (χ0n) is 10.3. The number of nitrogens with two attached hydrogens (primary N) is 1. The number of rotatable bonds is 5. The van der Waals surface area contributed by atoms with Crippen LogP contribution in [0.5, 0.6) is 5.75 Å². The first kappa shape index (κ1) is 13.0.